The highest BCUT2D eigenvalue weighted by Gasteiger charge is 2.25. The van der Waals surface area contributed by atoms with Gasteiger partial charge in [0.25, 0.3) is 0 Å². The highest BCUT2D eigenvalue weighted by Crippen LogP contribution is 2.35. The zero-order valence-electron chi connectivity index (χ0n) is 11.1. The Morgan fingerprint density at radius 1 is 1.39 bits per heavy atom. The topological polar surface area (TPSA) is 29.5 Å². The maximum Gasteiger partial charge on any atom is 0.123 e. The van der Waals surface area contributed by atoms with Crippen LogP contribution >= 0.6 is 15.9 Å². The number of hydrogen-bond acceptors (Lipinski definition) is 2. The molecule has 1 N–H and O–H groups in total. The van der Waals surface area contributed by atoms with E-state index in [0.29, 0.717) is 0 Å². The van der Waals surface area contributed by atoms with Crippen molar-refractivity contribution in [3.05, 3.63) is 28.2 Å². The monoisotopic (exact) mass is 312 g/mol. The minimum Gasteiger partial charge on any atom is -0.493 e. The van der Waals surface area contributed by atoms with Gasteiger partial charge in [0.05, 0.1) is 13.2 Å². The fourth-order valence-electron chi connectivity index (χ4n) is 2.11. The molecule has 0 bridgehead atoms. The van der Waals surface area contributed by atoms with E-state index in [1.807, 2.05) is 32.0 Å². The van der Waals surface area contributed by atoms with Gasteiger partial charge in [-0.1, -0.05) is 36.2 Å². The number of aliphatic hydroxyl groups excluding tert-OH is 1. The number of aliphatic hydroxyl groups is 1. The van der Waals surface area contributed by atoms with Crippen LogP contribution in [0.15, 0.2) is 22.7 Å². The van der Waals surface area contributed by atoms with Crippen LogP contribution in [0.2, 0.25) is 0 Å². The van der Waals surface area contributed by atoms with Crippen molar-refractivity contribution in [2.24, 2.45) is 5.92 Å². The first-order chi connectivity index (χ1) is 8.53. The summed E-state index contributed by atoms with van der Waals surface area (Å²) in [6, 6.07) is 6.04. The molecule has 0 unspecified atom stereocenters. The summed E-state index contributed by atoms with van der Waals surface area (Å²) in [6.45, 7) is 4.98. The lowest BCUT2D eigenvalue weighted by molar-refractivity contribution is 0.172. The molecular weight excluding hydrogens is 292 g/mol. The fraction of sp³-hybridized carbons (Fsp3) is 0.600. The lowest BCUT2D eigenvalue weighted by atomic mass is 9.84. The van der Waals surface area contributed by atoms with Crippen molar-refractivity contribution >= 4 is 15.9 Å². The third-order valence-electron chi connectivity index (χ3n) is 3.77. The highest BCUT2D eigenvalue weighted by atomic mass is 79.9. The average Bonchev–Trinajstić information content (AvgIpc) is 2.28. The molecule has 18 heavy (non-hydrogen) atoms. The van der Waals surface area contributed by atoms with Crippen LogP contribution in [0.25, 0.3) is 0 Å². The normalized spacial score (nSPS) is 16.4. The van der Waals surface area contributed by atoms with E-state index in [1.54, 1.807) is 0 Å². The number of benzene rings is 1. The molecule has 0 spiro atoms. The Hall–Kier alpha value is -0.540. The predicted octanol–water partition coefficient (Wildman–Crippen LogP) is 3.90. The van der Waals surface area contributed by atoms with Crippen molar-refractivity contribution in [2.45, 2.75) is 38.5 Å². The van der Waals surface area contributed by atoms with Crippen molar-refractivity contribution in [3.8, 4) is 5.75 Å². The van der Waals surface area contributed by atoms with E-state index < -0.39 is 0 Å². The molecule has 0 aromatic heterocycles. The standard InChI is InChI=1S/C15H21BrO2/c1-15(2,10-17)13-8-12(16)6-7-14(13)18-9-11-4-3-5-11/h6-8,11,17H,3-5,9-10H2,1-2H3. The molecule has 0 saturated heterocycles. The summed E-state index contributed by atoms with van der Waals surface area (Å²) in [5, 5.41) is 9.53. The summed E-state index contributed by atoms with van der Waals surface area (Å²) in [4.78, 5) is 0. The van der Waals surface area contributed by atoms with Crippen molar-refractivity contribution in [2.75, 3.05) is 13.2 Å². The largest absolute Gasteiger partial charge is 0.493 e. The van der Waals surface area contributed by atoms with Gasteiger partial charge in [-0.25, -0.2) is 0 Å². The second kappa shape index (κ2) is 5.62. The molecule has 3 heteroatoms. The van der Waals surface area contributed by atoms with Gasteiger partial charge < -0.3 is 9.84 Å². The molecule has 1 fully saturated rings. The van der Waals surface area contributed by atoms with Gasteiger partial charge in [-0.15, -0.1) is 0 Å². The Morgan fingerprint density at radius 3 is 2.67 bits per heavy atom. The molecule has 0 aliphatic heterocycles. The van der Waals surface area contributed by atoms with Gasteiger partial charge in [0.1, 0.15) is 5.75 Å². The third-order valence-corrected chi connectivity index (χ3v) is 4.26. The molecule has 1 aliphatic carbocycles. The summed E-state index contributed by atoms with van der Waals surface area (Å²) in [5.74, 6) is 1.63. The first-order valence-corrected chi connectivity index (χ1v) is 7.36. The maximum atomic E-state index is 9.53. The Morgan fingerprint density at radius 2 is 2.11 bits per heavy atom. The van der Waals surface area contributed by atoms with Gasteiger partial charge in [0.2, 0.25) is 0 Å². The Bertz CT molecular complexity index is 411. The molecule has 1 aromatic carbocycles. The number of ether oxygens (including phenoxy) is 1. The Kier molecular flexibility index (Phi) is 4.33. The van der Waals surface area contributed by atoms with Gasteiger partial charge in [-0.05, 0) is 37.0 Å². The number of hydrogen-bond donors (Lipinski definition) is 1. The van der Waals surface area contributed by atoms with Gasteiger partial charge in [0.15, 0.2) is 0 Å². The van der Waals surface area contributed by atoms with Crippen LogP contribution in [0.5, 0.6) is 5.75 Å². The van der Waals surface area contributed by atoms with Gasteiger partial charge in [-0.2, -0.15) is 0 Å². The van der Waals surface area contributed by atoms with E-state index >= 15 is 0 Å². The van der Waals surface area contributed by atoms with Gasteiger partial charge in [-0.3, -0.25) is 0 Å². The smallest absolute Gasteiger partial charge is 0.123 e. The van der Waals surface area contributed by atoms with Crippen molar-refractivity contribution < 1.29 is 9.84 Å². The molecule has 1 saturated carbocycles. The van der Waals surface area contributed by atoms with Crippen LogP contribution in [0, 0.1) is 5.92 Å². The molecule has 1 aromatic rings. The minimum atomic E-state index is -0.279. The molecule has 2 rings (SSSR count). The second-order valence-electron chi connectivity index (χ2n) is 5.79. The van der Waals surface area contributed by atoms with Crippen LogP contribution < -0.4 is 4.74 Å². The number of rotatable bonds is 5. The van der Waals surface area contributed by atoms with Crippen molar-refractivity contribution in [1.82, 2.24) is 0 Å². The minimum absolute atomic E-state index is 0.114. The molecule has 1 aliphatic rings. The Labute approximate surface area is 117 Å². The molecule has 2 nitrogen and oxygen atoms in total. The maximum absolute atomic E-state index is 9.53. The van der Waals surface area contributed by atoms with E-state index in [-0.39, 0.29) is 12.0 Å². The van der Waals surface area contributed by atoms with E-state index in [1.165, 1.54) is 19.3 Å². The lowest BCUT2D eigenvalue weighted by Crippen LogP contribution is -2.25. The van der Waals surface area contributed by atoms with Crippen LogP contribution in [0.1, 0.15) is 38.7 Å². The zero-order chi connectivity index (χ0) is 13.2. The molecule has 0 radical (unpaired) electrons. The van der Waals surface area contributed by atoms with E-state index in [9.17, 15) is 5.11 Å². The van der Waals surface area contributed by atoms with Crippen molar-refractivity contribution in [1.29, 1.82) is 0 Å². The fourth-order valence-corrected chi connectivity index (χ4v) is 2.47. The van der Waals surface area contributed by atoms with E-state index in [0.717, 1.165) is 28.3 Å². The van der Waals surface area contributed by atoms with Crippen molar-refractivity contribution in [3.63, 3.8) is 0 Å². The summed E-state index contributed by atoms with van der Waals surface area (Å²) < 4.78 is 6.98. The highest BCUT2D eigenvalue weighted by molar-refractivity contribution is 9.10. The molecular formula is C15H21BrO2. The van der Waals surface area contributed by atoms with Crippen LogP contribution in [0.3, 0.4) is 0 Å². The number of halogens is 1. The summed E-state index contributed by atoms with van der Waals surface area (Å²) in [6.07, 6.45) is 3.91. The van der Waals surface area contributed by atoms with Crippen LogP contribution in [-0.2, 0) is 5.41 Å². The first-order valence-electron chi connectivity index (χ1n) is 6.56. The van der Waals surface area contributed by atoms with Crippen LogP contribution in [-0.4, -0.2) is 18.3 Å². The lowest BCUT2D eigenvalue weighted by Gasteiger charge is -2.29. The molecule has 0 heterocycles. The molecule has 0 atom stereocenters. The molecule has 0 amide bonds. The van der Waals surface area contributed by atoms with Gasteiger partial charge in [0, 0.05) is 15.5 Å². The predicted molar refractivity (Wildman–Crippen MR) is 77.1 cm³/mol. The SMILES string of the molecule is CC(C)(CO)c1cc(Br)ccc1OCC1CCC1. The average molecular weight is 313 g/mol. The first kappa shape index (κ1) is 13.9. The van der Waals surface area contributed by atoms with Crippen LogP contribution in [0.4, 0.5) is 0 Å². The summed E-state index contributed by atoms with van der Waals surface area (Å²) in [7, 11) is 0. The summed E-state index contributed by atoms with van der Waals surface area (Å²) >= 11 is 3.49. The molecule has 100 valence electrons. The Balaban J connectivity index is 2.16. The van der Waals surface area contributed by atoms with E-state index in [2.05, 4.69) is 15.9 Å². The quantitative estimate of drug-likeness (QED) is 0.893. The van der Waals surface area contributed by atoms with E-state index in [4.69, 9.17) is 4.74 Å². The third kappa shape index (κ3) is 3.07. The second-order valence-corrected chi connectivity index (χ2v) is 6.71. The van der Waals surface area contributed by atoms with Gasteiger partial charge >= 0.3 is 0 Å². The zero-order valence-corrected chi connectivity index (χ0v) is 12.7. The summed E-state index contributed by atoms with van der Waals surface area (Å²) in [5.41, 5.74) is 0.789.